The van der Waals surface area contributed by atoms with E-state index in [9.17, 15) is 0 Å². The minimum atomic E-state index is -0.118. The Morgan fingerprint density at radius 1 is 0.358 bits per heavy atom. The van der Waals surface area contributed by atoms with Crippen LogP contribution in [0.1, 0.15) is 143 Å². The molecule has 81 heavy (non-hydrogen) atoms. The number of benzene rings is 9. The monoisotopic (exact) mass is 1080 g/mol. The molecule has 0 unspecified atom stereocenters. The summed E-state index contributed by atoms with van der Waals surface area (Å²) in [5.74, 6) is 0. The third-order valence-corrected chi connectivity index (χ3v) is 18.9. The molecule has 2 aromatic heterocycles. The molecule has 5 heteroatoms. The molecule has 3 nitrogen and oxygen atoms in total. The summed E-state index contributed by atoms with van der Waals surface area (Å²) in [5, 5.41) is 5.15. The number of aromatic nitrogens is 1. The van der Waals surface area contributed by atoms with Crippen molar-refractivity contribution in [2.45, 2.75) is 145 Å². The summed E-state index contributed by atoms with van der Waals surface area (Å²) in [6.07, 6.45) is 0. The SMILES string of the molecule is Cc1cc(C)cc(-c2cc3c4c(c2)N(c2ccc(C(C)(C)C)cc2)c2c(cc5sc6ccccc6c5c2-n2c5ccc(C(C)(C)C)cc5c5cc(C(C)(C)C)ccc52)B4c2cc(C(C)(C)C)ccc2N3c2ccc(C(C)(C)C)cc2)c1. The van der Waals surface area contributed by atoms with Crippen LogP contribution in [0, 0.1) is 13.8 Å². The van der Waals surface area contributed by atoms with Crippen molar-refractivity contribution in [2.24, 2.45) is 0 Å². The summed E-state index contributed by atoms with van der Waals surface area (Å²) in [5.41, 5.74) is 26.2. The van der Waals surface area contributed by atoms with Gasteiger partial charge in [0.15, 0.2) is 0 Å². The van der Waals surface area contributed by atoms with Crippen LogP contribution < -0.4 is 26.2 Å². The number of aryl methyl sites for hydroxylation is 2. The molecule has 2 aliphatic heterocycles. The highest BCUT2D eigenvalue weighted by molar-refractivity contribution is 7.26. The van der Waals surface area contributed by atoms with Crippen molar-refractivity contribution in [3.63, 3.8) is 0 Å². The van der Waals surface area contributed by atoms with E-state index in [1.54, 1.807) is 0 Å². The molecule has 0 radical (unpaired) electrons. The van der Waals surface area contributed by atoms with Gasteiger partial charge in [0.05, 0.1) is 22.4 Å². The lowest BCUT2D eigenvalue weighted by Gasteiger charge is -2.45. The van der Waals surface area contributed by atoms with Crippen molar-refractivity contribution in [3.8, 4) is 16.8 Å². The molecule has 13 rings (SSSR count). The van der Waals surface area contributed by atoms with Gasteiger partial charge in [-0.05, 0) is 175 Å². The van der Waals surface area contributed by atoms with Crippen molar-refractivity contribution in [3.05, 3.63) is 203 Å². The van der Waals surface area contributed by atoms with E-state index >= 15 is 0 Å². The Kier molecular flexibility index (Phi) is 11.8. The van der Waals surface area contributed by atoms with Crippen LogP contribution in [-0.4, -0.2) is 11.3 Å². The van der Waals surface area contributed by atoms with E-state index in [0.29, 0.717) is 0 Å². The zero-order valence-corrected chi connectivity index (χ0v) is 51.7. The fraction of sp³-hybridized carbons (Fsp3) is 0.289. The van der Waals surface area contributed by atoms with Crippen molar-refractivity contribution in [1.29, 1.82) is 0 Å². The largest absolute Gasteiger partial charge is 0.311 e. The van der Waals surface area contributed by atoms with Crippen molar-refractivity contribution >= 4 is 111 Å². The van der Waals surface area contributed by atoms with E-state index in [2.05, 4.69) is 296 Å². The van der Waals surface area contributed by atoms with Gasteiger partial charge in [-0.1, -0.05) is 200 Å². The van der Waals surface area contributed by atoms with Gasteiger partial charge in [-0.25, -0.2) is 0 Å². The molecule has 0 saturated carbocycles. The van der Waals surface area contributed by atoms with Crippen LogP contribution in [0.3, 0.4) is 0 Å². The molecule has 0 amide bonds. The van der Waals surface area contributed by atoms with Gasteiger partial charge in [-0.3, -0.25) is 0 Å². The Hall–Kier alpha value is -7.34. The topological polar surface area (TPSA) is 11.4 Å². The molecule has 0 saturated heterocycles. The fourth-order valence-corrected chi connectivity index (χ4v) is 14.5. The van der Waals surface area contributed by atoms with E-state index in [1.165, 1.54) is 137 Å². The first-order valence-corrected chi connectivity index (χ1v) is 30.3. The van der Waals surface area contributed by atoms with Crippen LogP contribution in [0.25, 0.3) is 58.8 Å². The smallest absolute Gasteiger partial charge is 0.252 e. The van der Waals surface area contributed by atoms with Crippen molar-refractivity contribution < 1.29 is 0 Å². The Bertz CT molecular complexity index is 4290. The summed E-state index contributed by atoms with van der Waals surface area (Å²) < 4.78 is 5.28. The van der Waals surface area contributed by atoms with E-state index in [0.717, 1.165) is 11.4 Å². The number of nitrogens with zero attached hydrogens (tertiary/aromatic N) is 3. The summed E-state index contributed by atoms with van der Waals surface area (Å²) in [6.45, 7) is 39.5. The third-order valence-electron chi connectivity index (χ3n) is 17.8. The van der Waals surface area contributed by atoms with Crippen LogP contribution in [0.15, 0.2) is 164 Å². The second kappa shape index (κ2) is 18.1. The summed E-state index contributed by atoms with van der Waals surface area (Å²) >= 11 is 1.94. The van der Waals surface area contributed by atoms with Gasteiger partial charge in [-0.2, -0.15) is 0 Å². The van der Waals surface area contributed by atoms with Gasteiger partial charge in [0.25, 0.3) is 6.71 Å². The predicted octanol–water partition coefficient (Wildman–Crippen LogP) is 20.0. The molecule has 0 fully saturated rings. The number of rotatable bonds is 4. The number of hydrogen-bond acceptors (Lipinski definition) is 3. The van der Waals surface area contributed by atoms with Crippen LogP contribution >= 0.6 is 11.3 Å². The molecule has 11 aromatic rings. The second-order valence-corrected chi connectivity index (χ2v) is 30.0. The van der Waals surface area contributed by atoms with E-state index in [-0.39, 0.29) is 33.8 Å². The molecule has 4 heterocycles. The predicted molar refractivity (Wildman–Crippen MR) is 356 cm³/mol. The highest BCUT2D eigenvalue weighted by Crippen LogP contribution is 2.53. The van der Waals surface area contributed by atoms with Gasteiger partial charge in [-0.15, -0.1) is 11.3 Å². The molecule has 0 atom stereocenters. The van der Waals surface area contributed by atoms with Crippen LogP contribution in [0.5, 0.6) is 0 Å². The molecule has 2 aliphatic rings. The minimum absolute atomic E-state index is 0.00959. The lowest BCUT2D eigenvalue weighted by atomic mass is 9.33. The maximum atomic E-state index is 2.70. The second-order valence-electron chi connectivity index (χ2n) is 29.0. The highest BCUT2D eigenvalue weighted by Gasteiger charge is 2.46. The van der Waals surface area contributed by atoms with Crippen LogP contribution in [0.4, 0.5) is 34.1 Å². The summed E-state index contributed by atoms with van der Waals surface area (Å²) in [6, 6.07) is 65.1. The Morgan fingerprint density at radius 3 is 1.35 bits per heavy atom. The number of fused-ring (bicyclic) bond motifs is 10. The first kappa shape index (κ1) is 53.0. The lowest BCUT2D eigenvalue weighted by molar-refractivity contribution is 0.590. The van der Waals surface area contributed by atoms with Gasteiger partial charge < -0.3 is 14.4 Å². The quantitative estimate of drug-likeness (QED) is 0.163. The first-order valence-electron chi connectivity index (χ1n) is 29.4. The van der Waals surface area contributed by atoms with Gasteiger partial charge in [0, 0.05) is 59.4 Å². The first-order chi connectivity index (χ1) is 38.1. The maximum absolute atomic E-state index is 2.70. The van der Waals surface area contributed by atoms with Gasteiger partial charge >= 0.3 is 0 Å². The van der Waals surface area contributed by atoms with E-state index < -0.39 is 0 Å². The van der Waals surface area contributed by atoms with Crippen LogP contribution in [0.2, 0.25) is 0 Å². The van der Waals surface area contributed by atoms with Crippen LogP contribution in [-0.2, 0) is 27.1 Å². The summed E-state index contributed by atoms with van der Waals surface area (Å²) in [4.78, 5) is 5.31. The lowest BCUT2D eigenvalue weighted by Crippen LogP contribution is -2.61. The normalized spacial score (nSPS) is 13.9. The molecule has 0 aliphatic carbocycles. The van der Waals surface area contributed by atoms with Crippen molar-refractivity contribution in [2.75, 3.05) is 9.80 Å². The molecule has 0 bridgehead atoms. The van der Waals surface area contributed by atoms with Gasteiger partial charge in [0.2, 0.25) is 0 Å². The molecular formula is C76H78BN3S. The van der Waals surface area contributed by atoms with E-state index in [4.69, 9.17) is 0 Å². The number of thiophene rings is 1. The molecule has 0 N–H and O–H groups in total. The molecular weight excluding hydrogens is 998 g/mol. The average Bonchev–Trinajstić information content (AvgIpc) is 2.97. The highest BCUT2D eigenvalue weighted by atomic mass is 32.1. The van der Waals surface area contributed by atoms with Crippen molar-refractivity contribution in [1.82, 2.24) is 4.57 Å². The number of anilines is 6. The zero-order chi connectivity index (χ0) is 57.2. The molecule has 0 spiro atoms. The Balaban J connectivity index is 1.26. The van der Waals surface area contributed by atoms with Gasteiger partial charge in [0.1, 0.15) is 0 Å². The Labute approximate surface area is 486 Å². The van der Waals surface area contributed by atoms with E-state index in [1.807, 2.05) is 11.3 Å². The average molecular weight is 1080 g/mol. The maximum Gasteiger partial charge on any atom is 0.252 e. The Morgan fingerprint density at radius 2 is 0.815 bits per heavy atom. The standard InChI is InChI=1S/C76H78BN3S/c1-45-36-46(2)38-47(37-45)48-39-64-69-65(40-48)79(55-31-24-50(25-32-55)73(6,7)8)70-60(77(69)59-43-53(76(15,16)17)28-35-63(59)78(64)54-29-22-49(23-30-54)72(3,4)5)44-67-68(56-20-18-19-21-66(56)81-67)71(70)80-61-33-26-51(74(9,10)11)41-57(61)58-42-52(75(12,13)14)27-34-62(58)80/h18-44H,1-17H3. The molecule has 406 valence electrons. The molecule has 9 aromatic carbocycles. The summed E-state index contributed by atoms with van der Waals surface area (Å²) in [7, 11) is 0. The number of hydrogen-bond donors (Lipinski definition) is 0. The zero-order valence-electron chi connectivity index (χ0n) is 50.9. The fourth-order valence-electron chi connectivity index (χ4n) is 13.3. The minimum Gasteiger partial charge on any atom is -0.311 e. The third kappa shape index (κ3) is 8.66.